The number of nitrogens with zero attached hydrogens (tertiary/aromatic N) is 1. The number of hydrogen-bond acceptors (Lipinski definition) is 4. The maximum atomic E-state index is 12.3. The average molecular weight is 350 g/mol. The van der Waals surface area contributed by atoms with Crippen molar-refractivity contribution in [1.82, 2.24) is 4.90 Å². The molecule has 1 aromatic rings. The van der Waals surface area contributed by atoms with E-state index < -0.39 is 23.7 Å². The van der Waals surface area contributed by atoms with Gasteiger partial charge in [-0.25, -0.2) is 9.59 Å². The van der Waals surface area contributed by atoms with Crippen molar-refractivity contribution in [2.45, 2.75) is 57.8 Å². The van der Waals surface area contributed by atoms with Crippen molar-refractivity contribution < 1.29 is 25.5 Å². The van der Waals surface area contributed by atoms with E-state index in [1.807, 2.05) is 18.2 Å². The molecule has 0 saturated carbocycles. The molecule has 0 bridgehead atoms. The van der Waals surface area contributed by atoms with Gasteiger partial charge in [0.2, 0.25) is 0 Å². The van der Waals surface area contributed by atoms with Gasteiger partial charge in [-0.05, 0) is 39.2 Å². The van der Waals surface area contributed by atoms with Crippen LogP contribution in [0.5, 0.6) is 0 Å². The van der Waals surface area contributed by atoms with Crippen LogP contribution < -0.4 is 0 Å². The van der Waals surface area contributed by atoms with Gasteiger partial charge in [-0.3, -0.25) is 4.90 Å². The highest BCUT2D eigenvalue weighted by Gasteiger charge is 2.42. The molecule has 1 saturated heterocycles. The lowest BCUT2D eigenvalue weighted by atomic mass is 10.1. The van der Waals surface area contributed by atoms with E-state index in [-0.39, 0.29) is 26.0 Å². The Kier molecular flexibility index (Phi) is 5.91. The number of hydrogen-bond donors (Lipinski definition) is 1. The number of carboxylic acid groups (broad SMARTS) is 1. The molecule has 0 aliphatic carbocycles. The summed E-state index contributed by atoms with van der Waals surface area (Å²) >= 11 is 0. The summed E-state index contributed by atoms with van der Waals surface area (Å²) in [5.41, 5.74) is 0.281. The standard InChI is InChI=1S/C19H27NO5/c1-19(2,3)25-18(23)20-13-15(12-16(20)17(21)22)24-11-7-10-14-8-5-4-6-9-14/h4-6,8-9,15-16H,7,10-13H2,1-3H3,(H,21,22)/t15-,16+/m1/s1/i1D. The maximum absolute atomic E-state index is 12.3. The number of likely N-dealkylation sites (tertiary alicyclic amines) is 1. The summed E-state index contributed by atoms with van der Waals surface area (Å²) < 4.78 is 18.4. The van der Waals surface area contributed by atoms with Gasteiger partial charge in [-0.1, -0.05) is 30.3 Å². The number of carboxylic acids is 1. The third kappa shape index (κ3) is 6.05. The van der Waals surface area contributed by atoms with Gasteiger partial charge in [0.1, 0.15) is 11.6 Å². The molecule has 1 heterocycles. The van der Waals surface area contributed by atoms with Crippen molar-refractivity contribution in [2.75, 3.05) is 13.2 Å². The second-order valence-electron chi connectivity index (χ2n) is 6.95. The third-order valence-electron chi connectivity index (χ3n) is 3.95. The molecule has 1 aliphatic rings. The topological polar surface area (TPSA) is 76.1 Å². The largest absolute Gasteiger partial charge is 0.480 e. The van der Waals surface area contributed by atoms with Gasteiger partial charge in [0.15, 0.2) is 0 Å². The van der Waals surface area contributed by atoms with Crippen LogP contribution in [0.4, 0.5) is 4.79 Å². The lowest BCUT2D eigenvalue weighted by molar-refractivity contribution is -0.142. The van der Waals surface area contributed by atoms with Crippen LogP contribution >= 0.6 is 0 Å². The molecule has 2 rings (SSSR count). The summed E-state index contributed by atoms with van der Waals surface area (Å²) in [5.74, 6) is -1.07. The summed E-state index contributed by atoms with van der Waals surface area (Å²) in [5, 5.41) is 9.38. The lowest BCUT2D eigenvalue weighted by Crippen LogP contribution is -2.43. The first kappa shape index (κ1) is 17.7. The third-order valence-corrected chi connectivity index (χ3v) is 3.95. The fourth-order valence-corrected chi connectivity index (χ4v) is 2.82. The average Bonchev–Trinajstić information content (AvgIpc) is 3.04. The smallest absolute Gasteiger partial charge is 0.411 e. The molecule has 1 amide bonds. The minimum absolute atomic E-state index is 0.0935. The van der Waals surface area contributed by atoms with Gasteiger partial charge < -0.3 is 14.6 Å². The first-order valence-electron chi connectivity index (χ1n) is 9.20. The molecule has 1 aromatic carbocycles. The van der Waals surface area contributed by atoms with E-state index >= 15 is 0 Å². The van der Waals surface area contributed by atoms with Crippen LogP contribution in [0.2, 0.25) is 0 Å². The number of carbonyl (C=O) groups excluding carboxylic acids is 1. The Morgan fingerprint density at radius 3 is 2.72 bits per heavy atom. The summed E-state index contributed by atoms with van der Waals surface area (Å²) in [4.78, 5) is 25.0. The molecule has 6 heteroatoms. The Hall–Kier alpha value is -2.08. The van der Waals surface area contributed by atoms with Crippen molar-refractivity contribution in [3.05, 3.63) is 35.9 Å². The van der Waals surface area contributed by atoms with Crippen molar-refractivity contribution in [3.8, 4) is 0 Å². The quantitative estimate of drug-likeness (QED) is 0.798. The summed E-state index contributed by atoms with van der Waals surface area (Å²) in [6, 6.07) is 9.12. The molecule has 2 atom stereocenters. The molecule has 138 valence electrons. The number of aryl methyl sites for hydroxylation is 1. The summed E-state index contributed by atoms with van der Waals surface area (Å²) in [7, 11) is 0. The minimum atomic E-state index is -1.07. The van der Waals surface area contributed by atoms with Gasteiger partial charge in [0.25, 0.3) is 0 Å². The maximum Gasteiger partial charge on any atom is 0.411 e. The number of rotatable bonds is 6. The van der Waals surface area contributed by atoms with Crippen LogP contribution in [0.15, 0.2) is 30.3 Å². The van der Waals surface area contributed by atoms with Crippen molar-refractivity contribution in [3.63, 3.8) is 0 Å². The Morgan fingerprint density at radius 2 is 2.08 bits per heavy atom. The molecule has 1 fully saturated rings. The molecular weight excluding hydrogens is 322 g/mol. The number of aliphatic carboxylic acids is 1. The first-order valence-corrected chi connectivity index (χ1v) is 8.49. The van der Waals surface area contributed by atoms with Gasteiger partial charge in [0.05, 0.1) is 12.6 Å². The highest BCUT2D eigenvalue weighted by molar-refractivity contribution is 5.81. The Balaban J connectivity index is 1.84. The Morgan fingerprint density at radius 1 is 1.36 bits per heavy atom. The molecule has 6 nitrogen and oxygen atoms in total. The van der Waals surface area contributed by atoms with Crippen LogP contribution in [0, 0.1) is 0 Å². The van der Waals surface area contributed by atoms with E-state index in [9.17, 15) is 14.7 Å². The van der Waals surface area contributed by atoms with Crippen LogP contribution in [0.1, 0.15) is 40.5 Å². The minimum Gasteiger partial charge on any atom is -0.480 e. The van der Waals surface area contributed by atoms with Gasteiger partial charge in [0, 0.05) is 14.4 Å². The van der Waals surface area contributed by atoms with Gasteiger partial charge in [-0.15, -0.1) is 0 Å². The van der Waals surface area contributed by atoms with E-state index in [0.29, 0.717) is 6.61 Å². The van der Waals surface area contributed by atoms with Crippen molar-refractivity contribution >= 4 is 12.1 Å². The molecule has 0 aromatic heterocycles. The highest BCUT2D eigenvalue weighted by atomic mass is 16.6. The predicted molar refractivity (Wildman–Crippen MR) is 93.5 cm³/mol. The second-order valence-corrected chi connectivity index (χ2v) is 6.95. The predicted octanol–water partition coefficient (Wildman–Crippen LogP) is 3.10. The molecule has 25 heavy (non-hydrogen) atoms. The first-order chi connectivity index (χ1) is 12.3. The number of amides is 1. The number of carbonyl (C=O) groups is 2. The monoisotopic (exact) mass is 350 g/mol. The zero-order valence-corrected chi connectivity index (χ0v) is 14.8. The highest BCUT2D eigenvalue weighted by Crippen LogP contribution is 2.23. The fraction of sp³-hybridized carbons (Fsp3) is 0.579. The fourth-order valence-electron chi connectivity index (χ4n) is 2.82. The molecule has 1 aliphatic heterocycles. The molecule has 0 spiro atoms. The second kappa shape index (κ2) is 8.34. The van der Waals surface area contributed by atoms with E-state index in [0.717, 1.165) is 12.8 Å². The van der Waals surface area contributed by atoms with Crippen molar-refractivity contribution in [1.29, 1.82) is 0 Å². The SMILES string of the molecule is [2H]CC(C)(C)OC(=O)N1C[C@H](OCCCc2ccccc2)C[C@H]1C(=O)O. The van der Waals surface area contributed by atoms with Crippen LogP contribution in [0.3, 0.4) is 0 Å². The van der Waals surface area contributed by atoms with E-state index in [1.54, 1.807) is 13.8 Å². The number of benzene rings is 1. The molecular formula is C19H27NO5. The zero-order valence-electron chi connectivity index (χ0n) is 15.8. The van der Waals surface area contributed by atoms with E-state index in [4.69, 9.17) is 10.8 Å². The summed E-state index contributed by atoms with van der Waals surface area (Å²) in [6.45, 7) is 3.86. The van der Waals surface area contributed by atoms with Crippen LogP contribution in [-0.2, 0) is 20.7 Å². The zero-order chi connectivity index (χ0) is 19.2. The number of ether oxygens (including phenoxy) is 2. The molecule has 0 radical (unpaired) electrons. The Labute approximate surface area is 150 Å². The Bertz CT molecular complexity index is 607. The van der Waals surface area contributed by atoms with Crippen LogP contribution in [-0.4, -0.2) is 53.0 Å². The lowest BCUT2D eigenvalue weighted by Gasteiger charge is -2.26. The van der Waals surface area contributed by atoms with Crippen molar-refractivity contribution in [2.24, 2.45) is 0 Å². The van der Waals surface area contributed by atoms with Crippen LogP contribution in [0.25, 0.3) is 0 Å². The summed E-state index contributed by atoms with van der Waals surface area (Å²) in [6.07, 6.45) is 0.939. The van der Waals surface area contributed by atoms with E-state index in [1.165, 1.54) is 10.5 Å². The molecule has 1 N–H and O–H groups in total. The van der Waals surface area contributed by atoms with Gasteiger partial charge in [-0.2, -0.15) is 0 Å². The van der Waals surface area contributed by atoms with E-state index in [2.05, 4.69) is 12.1 Å². The molecule has 0 unspecified atom stereocenters. The normalized spacial score (nSPS) is 21.0. The van der Waals surface area contributed by atoms with Gasteiger partial charge >= 0.3 is 12.1 Å².